The van der Waals surface area contributed by atoms with Crippen molar-refractivity contribution in [3.05, 3.63) is 23.5 Å². The molecule has 0 atom stereocenters. The summed E-state index contributed by atoms with van der Waals surface area (Å²) in [6.07, 6.45) is 3.49. The Morgan fingerprint density at radius 1 is 1.40 bits per heavy atom. The normalized spacial score (nSPS) is 11.3. The molecule has 0 fully saturated rings. The van der Waals surface area contributed by atoms with Crippen molar-refractivity contribution in [2.45, 2.75) is 18.2 Å². The fraction of sp³-hybridized carbons (Fsp3) is 0.300. The highest BCUT2D eigenvalue weighted by atomic mass is 35.5. The van der Waals surface area contributed by atoms with Crippen LogP contribution in [0.4, 0.5) is 10.8 Å². The second-order valence-electron chi connectivity index (χ2n) is 3.82. The summed E-state index contributed by atoms with van der Waals surface area (Å²) in [6, 6.07) is 1.35. The number of hydrogen-bond acceptors (Lipinski definition) is 7. The largest absolute Gasteiger partial charge is 0.369 e. The van der Waals surface area contributed by atoms with Crippen LogP contribution in [0, 0.1) is 0 Å². The molecule has 0 spiro atoms. The molecule has 7 nitrogen and oxygen atoms in total. The Hall–Kier alpha value is -1.45. The van der Waals surface area contributed by atoms with Crippen LogP contribution in [-0.2, 0) is 10.0 Å². The highest BCUT2D eigenvalue weighted by molar-refractivity contribution is 7.93. The van der Waals surface area contributed by atoms with Gasteiger partial charge in [0.1, 0.15) is 15.7 Å². The van der Waals surface area contributed by atoms with Crippen molar-refractivity contribution < 1.29 is 8.42 Å². The van der Waals surface area contributed by atoms with Crippen LogP contribution < -0.4 is 10.0 Å². The van der Waals surface area contributed by atoms with Crippen molar-refractivity contribution >= 4 is 44.0 Å². The minimum absolute atomic E-state index is 0.0158. The lowest BCUT2D eigenvalue weighted by atomic mass is 10.4. The molecule has 2 aromatic rings. The molecule has 2 rings (SSSR count). The molecule has 0 aromatic carbocycles. The highest BCUT2D eigenvalue weighted by Gasteiger charge is 2.17. The molecule has 2 aromatic heterocycles. The van der Waals surface area contributed by atoms with Crippen LogP contribution in [-0.4, -0.2) is 29.5 Å². The van der Waals surface area contributed by atoms with Gasteiger partial charge in [0.15, 0.2) is 0 Å². The second kappa shape index (κ2) is 6.33. The summed E-state index contributed by atoms with van der Waals surface area (Å²) in [5.74, 6) is 0.465. The highest BCUT2D eigenvalue weighted by Crippen LogP contribution is 2.24. The van der Waals surface area contributed by atoms with Gasteiger partial charge in [0.05, 0.1) is 11.2 Å². The summed E-state index contributed by atoms with van der Waals surface area (Å²) in [6.45, 7) is 2.72. The first-order valence-electron chi connectivity index (χ1n) is 5.72. The van der Waals surface area contributed by atoms with Crippen molar-refractivity contribution in [2.24, 2.45) is 0 Å². The van der Waals surface area contributed by atoms with Crippen molar-refractivity contribution in [1.82, 2.24) is 14.6 Å². The lowest BCUT2D eigenvalue weighted by molar-refractivity contribution is 0.601. The van der Waals surface area contributed by atoms with Gasteiger partial charge in [-0.1, -0.05) is 23.0 Å². The number of pyridine rings is 1. The van der Waals surface area contributed by atoms with Crippen LogP contribution in [0.3, 0.4) is 0 Å². The molecule has 2 heterocycles. The molecule has 20 heavy (non-hydrogen) atoms. The summed E-state index contributed by atoms with van der Waals surface area (Å²) in [4.78, 5) is 4.01. The quantitative estimate of drug-likeness (QED) is 0.841. The third kappa shape index (κ3) is 3.56. The van der Waals surface area contributed by atoms with E-state index in [2.05, 4.69) is 24.6 Å². The van der Waals surface area contributed by atoms with Crippen LogP contribution in [0.2, 0.25) is 5.02 Å². The molecular formula is C10H12ClN5O2S2. The zero-order valence-corrected chi connectivity index (χ0v) is 12.9. The first-order chi connectivity index (χ1) is 9.53. The second-order valence-corrected chi connectivity index (χ2v) is 6.69. The molecule has 10 heteroatoms. The van der Waals surface area contributed by atoms with E-state index in [1.54, 1.807) is 0 Å². The standard InChI is InChI=1S/C10H12ClN5O2S2/c1-2-3-12-10-8(11)4-7(5-13-10)20(17,18)15-9-6-14-16-19-9/h4-6,15H,2-3H2,1H3,(H,12,13). The molecule has 108 valence electrons. The van der Waals surface area contributed by atoms with E-state index < -0.39 is 10.0 Å². The Balaban J connectivity index is 2.22. The molecule has 0 bridgehead atoms. The van der Waals surface area contributed by atoms with Gasteiger partial charge in [0.25, 0.3) is 10.0 Å². The van der Waals surface area contributed by atoms with Gasteiger partial charge in [-0.15, -0.1) is 5.10 Å². The molecule has 0 unspecified atom stereocenters. The molecule has 0 amide bonds. The minimum atomic E-state index is -3.74. The Morgan fingerprint density at radius 2 is 2.20 bits per heavy atom. The first-order valence-corrected chi connectivity index (χ1v) is 8.36. The molecule has 0 aliphatic rings. The lowest BCUT2D eigenvalue weighted by Crippen LogP contribution is -2.13. The number of anilines is 2. The Labute approximate surface area is 125 Å². The molecule has 0 aliphatic carbocycles. The average molecular weight is 334 g/mol. The van der Waals surface area contributed by atoms with Crippen molar-refractivity contribution in [3.63, 3.8) is 0 Å². The summed E-state index contributed by atoms with van der Waals surface area (Å²) < 4.78 is 30.1. The molecule has 0 aliphatic heterocycles. The first kappa shape index (κ1) is 14.9. The third-order valence-corrected chi connectivity index (χ3v) is 4.60. The maximum Gasteiger partial charge on any atom is 0.264 e. The maximum absolute atomic E-state index is 12.1. The van der Waals surface area contributed by atoms with E-state index in [4.69, 9.17) is 11.6 Å². The molecule has 2 N–H and O–H groups in total. The summed E-state index contributed by atoms with van der Waals surface area (Å²) >= 11 is 6.96. The summed E-state index contributed by atoms with van der Waals surface area (Å²) in [5.41, 5.74) is 0. The van der Waals surface area contributed by atoms with Crippen LogP contribution in [0.5, 0.6) is 0 Å². The number of hydrogen-bond donors (Lipinski definition) is 2. The maximum atomic E-state index is 12.1. The SMILES string of the molecule is CCCNc1ncc(S(=O)(=O)Nc2cnns2)cc1Cl. The van der Waals surface area contributed by atoms with Gasteiger partial charge in [-0.3, -0.25) is 4.72 Å². The van der Waals surface area contributed by atoms with Crippen molar-refractivity contribution in [3.8, 4) is 0 Å². The molecule has 0 radical (unpaired) electrons. The number of nitrogens with zero attached hydrogens (tertiary/aromatic N) is 3. The predicted molar refractivity (Wildman–Crippen MR) is 78.7 cm³/mol. The third-order valence-electron chi connectivity index (χ3n) is 2.27. The van der Waals surface area contributed by atoms with E-state index in [0.29, 0.717) is 17.4 Å². The van der Waals surface area contributed by atoms with Crippen molar-refractivity contribution in [1.29, 1.82) is 0 Å². The van der Waals surface area contributed by atoms with E-state index >= 15 is 0 Å². The smallest absolute Gasteiger partial charge is 0.264 e. The van der Waals surface area contributed by atoms with Crippen LogP contribution in [0.25, 0.3) is 0 Å². The summed E-state index contributed by atoms with van der Waals surface area (Å²) in [5, 5.41) is 7.15. The topological polar surface area (TPSA) is 96.9 Å². The molecule has 0 saturated carbocycles. The van der Waals surface area contributed by atoms with Gasteiger partial charge in [0, 0.05) is 24.3 Å². The minimum Gasteiger partial charge on any atom is -0.369 e. The van der Waals surface area contributed by atoms with Gasteiger partial charge in [-0.2, -0.15) is 0 Å². The van der Waals surface area contributed by atoms with Crippen LogP contribution >= 0.6 is 23.1 Å². The number of sulfonamides is 1. The molecule has 0 saturated heterocycles. The Kier molecular flexibility index (Phi) is 4.73. The zero-order valence-electron chi connectivity index (χ0n) is 10.5. The Bertz CT molecular complexity index is 675. The predicted octanol–water partition coefficient (Wildman–Crippen LogP) is 2.21. The van der Waals surface area contributed by atoms with Gasteiger partial charge >= 0.3 is 0 Å². The Morgan fingerprint density at radius 3 is 2.80 bits per heavy atom. The molecular weight excluding hydrogens is 322 g/mol. The fourth-order valence-electron chi connectivity index (χ4n) is 1.34. The monoisotopic (exact) mass is 333 g/mol. The number of rotatable bonds is 6. The van der Waals surface area contributed by atoms with Gasteiger partial charge in [0.2, 0.25) is 0 Å². The number of aromatic nitrogens is 3. The summed E-state index contributed by atoms with van der Waals surface area (Å²) in [7, 11) is -3.74. The van der Waals surface area contributed by atoms with Crippen LogP contribution in [0.1, 0.15) is 13.3 Å². The average Bonchev–Trinajstić information content (AvgIpc) is 2.89. The van der Waals surface area contributed by atoms with E-state index in [0.717, 1.165) is 18.0 Å². The van der Waals surface area contributed by atoms with E-state index in [1.807, 2.05) is 6.92 Å². The van der Waals surface area contributed by atoms with E-state index in [1.165, 1.54) is 18.5 Å². The van der Waals surface area contributed by atoms with Crippen LogP contribution in [0.15, 0.2) is 23.4 Å². The van der Waals surface area contributed by atoms with Gasteiger partial charge in [-0.25, -0.2) is 13.4 Å². The fourth-order valence-corrected chi connectivity index (χ4v) is 3.30. The van der Waals surface area contributed by atoms with E-state index in [9.17, 15) is 8.42 Å². The van der Waals surface area contributed by atoms with Crippen molar-refractivity contribution in [2.75, 3.05) is 16.6 Å². The van der Waals surface area contributed by atoms with Gasteiger partial charge < -0.3 is 5.32 Å². The zero-order chi connectivity index (χ0) is 14.6. The van der Waals surface area contributed by atoms with Gasteiger partial charge in [-0.05, 0) is 12.5 Å². The number of halogens is 1. The van der Waals surface area contributed by atoms with E-state index in [-0.39, 0.29) is 9.92 Å². The lowest BCUT2D eigenvalue weighted by Gasteiger charge is -2.09. The number of nitrogens with one attached hydrogen (secondary N) is 2.